The van der Waals surface area contributed by atoms with Crippen LogP contribution in [0.2, 0.25) is 0 Å². The van der Waals surface area contributed by atoms with Gasteiger partial charge in [-0.25, -0.2) is 0 Å². The fourth-order valence-electron chi connectivity index (χ4n) is 2.52. The summed E-state index contributed by atoms with van der Waals surface area (Å²) in [5.74, 6) is -0.213. The minimum absolute atomic E-state index is 0.213. The molecule has 1 amide bonds. The van der Waals surface area contributed by atoms with Gasteiger partial charge in [-0.3, -0.25) is 9.78 Å². The van der Waals surface area contributed by atoms with E-state index in [1.54, 1.807) is 19.4 Å². The maximum atomic E-state index is 12.5. The topological polar surface area (TPSA) is 63.2 Å². The van der Waals surface area contributed by atoms with Gasteiger partial charge in [-0.05, 0) is 44.0 Å². The predicted molar refractivity (Wildman–Crippen MR) is 93.2 cm³/mol. The van der Waals surface area contributed by atoms with E-state index in [1.165, 1.54) is 5.56 Å². The molecule has 0 unspecified atom stereocenters. The molecule has 23 heavy (non-hydrogen) atoms. The number of aromatic nitrogens is 1. The zero-order valence-electron chi connectivity index (χ0n) is 14.1. The Labute approximate surface area is 137 Å². The Balaban J connectivity index is 2.13. The summed E-state index contributed by atoms with van der Waals surface area (Å²) in [5, 5.41) is 6.15. The average Bonchev–Trinajstić information content (AvgIpc) is 2.51. The lowest BCUT2D eigenvalue weighted by molar-refractivity contribution is 0.102. The first-order valence-corrected chi connectivity index (χ1v) is 7.59. The highest BCUT2D eigenvalue weighted by Gasteiger charge is 2.12. The van der Waals surface area contributed by atoms with Crippen molar-refractivity contribution >= 4 is 17.3 Å². The van der Waals surface area contributed by atoms with Crippen LogP contribution in [0, 0.1) is 20.8 Å². The third-order valence-corrected chi connectivity index (χ3v) is 3.54. The first kappa shape index (κ1) is 17.0. The third kappa shape index (κ3) is 4.53. The molecular weight excluding hydrogens is 290 g/mol. The molecule has 5 nitrogen and oxygen atoms in total. The molecule has 0 spiro atoms. The number of hydrogen-bond donors (Lipinski definition) is 2. The lowest BCUT2D eigenvalue weighted by Crippen LogP contribution is -2.16. The lowest BCUT2D eigenvalue weighted by atomic mass is 10.0. The second-order valence-corrected chi connectivity index (χ2v) is 5.58. The molecule has 0 bridgehead atoms. The molecular formula is C18H23N3O2. The van der Waals surface area contributed by atoms with Crippen molar-refractivity contribution in [3.8, 4) is 0 Å². The number of carbonyl (C=O) groups excluding carboxylic acids is 1. The quantitative estimate of drug-likeness (QED) is 0.803. The van der Waals surface area contributed by atoms with Gasteiger partial charge >= 0.3 is 0 Å². The molecule has 2 N–H and O–H groups in total. The smallest absolute Gasteiger partial charge is 0.274 e. The van der Waals surface area contributed by atoms with Gasteiger partial charge in [0.25, 0.3) is 5.91 Å². The summed E-state index contributed by atoms with van der Waals surface area (Å²) in [6.07, 6.45) is 1.62. The summed E-state index contributed by atoms with van der Waals surface area (Å²) in [6, 6.07) is 7.68. The number of hydrogen-bond acceptors (Lipinski definition) is 4. The van der Waals surface area contributed by atoms with E-state index in [0.717, 1.165) is 22.5 Å². The Morgan fingerprint density at radius 3 is 2.52 bits per heavy atom. The SMILES string of the molecule is COCCNc1ccnc(C(=O)Nc2c(C)cc(C)cc2C)c1. The Morgan fingerprint density at radius 2 is 1.87 bits per heavy atom. The van der Waals surface area contributed by atoms with Gasteiger partial charge in [-0.2, -0.15) is 0 Å². The molecule has 1 aromatic heterocycles. The molecule has 2 aromatic rings. The van der Waals surface area contributed by atoms with Crippen LogP contribution < -0.4 is 10.6 Å². The molecule has 0 aliphatic carbocycles. The number of ether oxygens (including phenoxy) is 1. The number of amides is 1. The van der Waals surface area contributed by atoms with Gasteiger partial charge in [0.15, 0.2) is 0 Å². The number of nitrogens with one attached hydrogen (secondary N) is 2. The van der Waals surface area contributed by atoms with E-state index in [2.05, 4.69) is 27.8 Å². The molecule has 2 rings (SSSR count). The van der Waals surface area contributed by atoms with Crippen molar-refractivity contribution in [1.29, 1.82) is 0 Å². The zero-order valence-corrected chi connectivity index (χ0v) is 14.1. The number of pyridine rings is 1. The van der Waals surface area contributed by atoms with Gasteiger partial charge < -0.3 is 15.4 Å². The minimum atomic E-state index is -0.213. The standard InChI is InChI=1S/C18H23N3O2/c1-12-9-13(2)17(14(3)10-12)21-18(22)16-11-15(5-6-20-16)19-7-8-23-4/h5-6,9-11H,7-8H2,1-4H3,(H,19,20)(H,21,22). The van der Waals surface area contributed by atoms with Gasteiger partial charge in [-0.15, -0.1) is 0 Å². The number of methoxy groups -OCH3 is 1. The maximum Gasteiger partial charge on any atom is 0.274 e. The largest absolute Gasteiger partial charge is 0.383 e. The maximum absolute atomic E-state index is 12.5. The molecule has 1 heterocycles. The summed E-state index contributed by atoms with van der Waals surface area (Å²) < 4.78 is 5.00. The molecule has 0 aliphatic rings. The lowest BCUT2D eigenvalue weighted by Gasteiger charge is -2.13. The highest BCUT2D eigenvalue weighted by atomic mass is 16.5. The first-order chi connectivity index (χ1) is 11.0. The van der Waals surface area contributed by atoms with Crippen molar-refractivity contribution in [1.82, 2.24) is 4.98 Å². The van der Waals surface area contributed by atoms with Crippen LogP contribution in [0.5, 0.6) is 0 Å². The van der Waals surface area contributed by atoms with Crippen LogP contribution in [0.1, 0.15) is 27.2 Å². The summed E-state index contributed by atoms with van der Waals surface area (Å²) in [4.78, 5) is 16.6. The van der Waals surface area contributed by atoms with Crippen LogP contribution in [-0.2, 0) is 4.74 Å². The molecule has 0 atom stereocenters. The van der Waals surface area contributed by atoms with Crippen molar-refractivity contribution in [2.24, 2.45) is 0 Å². The number of aryl methyl sites for hydroxylation is 3. The van der Waals surface area contributed by atoms with Gasteiger partial charge in [0.1, 0.15) is 5.69 Å². The molecule has 0 fully saturated rings. The van der Waals surface area contributed by atoms with Crippen LogP contribution >= 0.6 is 0 Å². The molecule has 122 valence electrons. The van der Waals surface area contributed by atoms with Gasteiger partial charge in [-0.1, -0.05) is 17.7 Å². The van der Waals surface area contributed by atoms with E-state index in [1.807, 2.05) is 26.8 Å². The predicted octanol–water partition coefficient (Wildman–Crippen LogP) is 3.32. The second kappa shape index (κ2) is 7.74. The van der Waals surface area contributed by atoms with E-state index in [-0.39, 0.29) is 5.91 Å². The van der Waals surface area contributed by atoms with Crippen molar-refractivity contribution in [3.63, 3.8) is 0 Å². The van der Waals surface area contributed by atoms with E-state index in [9.17, 15) is 4.79 Å². The highest BCUT2D eigenvalue weighted by molar-refractivity contribution is 6.04. The average molecular weight is 313 g/mol. The molecule has 0 radical (unpaired) electrons. The molecule has 0 saturated carbocycles. The minimum Gasteiger partial charge on any atom is -0.383 e. The van der Waals surface area contributed by atoms with Crippen LogP contribution in [0.25, 0.3) is 0 Å². The van der Waals surface area contributed by atoms with Crippen molar-refractivity contribution in [2.75, 3.05) is 30.9 Å². The summed E-state index contributed by atoms with van der Waals surface area (Å²) in [7, 11) is 1.65. The number of benzene rings is 1. The summed E-state index contributed by atoms with van der Waals surface area (Å²) in [6.45, 7) is 7.31. The fraction of sp³-hybridized carbons (Fsp3) is 0.333. The van der Waals surface area contributed by atoms with Crippen LogP contribution in [0.15, 0.2) is 30.5 Å². The zero-order chi connectivity index (χ0) is 16.8. The van der Waals surface area contributed by atoms with Crippen LogP contribution in [0.4, 0.5) is 11.4 Å². The van der Waals surface area contributed by atoms with Gasteiger partial charge in [0.05, 0.1) is 6.61 Å². The Bertz CT molecular complexity index is 675. The van der Waals surface area contributed by atoms with Crippen molar-refractivity contribution < 1.29 is 9.53 Å². The molecule has 5 heteroatoms. The van der Waals surface area contributed by atoms with Gasteiger partial charge in [0, 0.05) is 31.2 Å². The number of rotatable bonds is 6. The summed E-state index contributed by atoms with van der Waals surface area (Å²) >= 11 is 0. The fourth-order valence-corrected chi connectivity index (χ4v) is 2.52. The molecule has 1 aromatic carbocycles. The van der Waals surface area contributed by atoms with E-state index >= 15 is 0 Å². The Hall–Kier alpha value is -2.40. The summed E-state index contributed by atoms with van der Waals surface area (Å²) in [5.41, 5.74) is 5.35. The highest BCUT2D eigenvalue weighted by Crippen LogP contribution is 2.22. The van der Waals surface area contributed by atoms with Crippen molar-refractivity contribution in [3.05, 3.63) is 52.8 Å². The molecule has 0 aliphatic heterocycles. The van der Waals surface area contributed by atoms with Crippen molar-refractivity contribution in [2.45, 2.75) is 20.8 Å². The Kier molecular flexibility index (Phi) is 5.71. The molecule has 0 saturated heterocycles. The number of nitrogens with zero attached hydrogens (tertiary/aromatic N) is 1. The van der Waals surface area contributed by atoms with E-state index < -0.39 is 0 Å². The monoisotopic (exact) mass is 313 g/mol. The number of carbonyl (C=O) groups is 1. The van der Waals surface area contributed by atoms with Crippen LogP contribution in [0.3, 0.4) is 0 Å². The van der Waals surface area contributed by atoms with Crippen LogP contribution in [-0.4, -0.2) is 31.2 Å². The van der Waals surface area contributed by atoms with E-state index in [0.29, 0.717) is 18.8 Å². The normalized spacial score (nSPS) is 10.4. The first-order valence-electron chi connectivity index (χ1n) is 7.59. The van der Waals surface area contributed by atoms with E-state index in [4.69, 9.17) is 4.74 Å². The van der Waals surface area contributed by atoms with Gasteiger partial charge in [0.2, 0.25) is 0 Å². The number of anilines is 2. The Morgan fingerprint density at radius 1 is 1.17 bits per heavy atom. The third-order valence-electron chi connectivity index (χ3n) is 3.54. The second-order valence-electron chi connectivity index (χ2n) is 5.58.